The lowest BCUT2D eigenvalue weighted by Crippen LogP contribution is -2.24. The molecule has 274 valence electrons. The van der Waals surface area contributed by atoms with Crippen LogP contribution in [-0.4, -0.2) is 24.1 Å². The summed E-state index contributed by atoms with van der Waals surface area (Å²) in [4.78, 5) is 14.8. The summed E-state index contributed by atoms with van der Waals surface area (Å²) in [6.45, 7) is 12.6. The molecule has 0 bridgehead atoms. The quantitative estimate of drug-likeness (QED) is 0.178. The van der Waals surface area contributed by atoms with Crippen LogP contribution in [0.4, 0.5) is 0 Å². The number of aromatic nitrogens is 5. The number of hydrogen-bond acceptors (Lipinski definition) is 6. The van der Waals surface area contributed by atoms with Crippen LogP contribution in [0.15, 0.2) is 120 Å². The SMILES string of the molecule is CC(C)(C)c1nc(-c2ccc(-n3c4ccccc4c4c5oc6ccccc6c5c5c(c6ccccc6n5-c5cccc(C#N)c5)c43)c(C#N)c2)nc(C(C)(C)C)n1. The summed E-state index contributed by atoms with van der Waals surface area (Å²) in [6.07, 6.45) is 0. The molecular weight excluding hydrogens is 703 g/mol. The summed E-state index contributed by atoms with van der Waals surface area (Å²) in [5, 5.41) is 27.0. The monoisotopic (exact) mass is 739 g/mol. The summed E-state index contributed by atoms with van der Waals surface area (Å²) < 4.78 is 11.4. The Bertz CT molecular complexity index is 3370. The zero-order valence-corrected chi connectivity index (χ0v) is 32.5. The van der Waals surface area contributed by atoms with Crippen LogP contribution in [0.3, 0.4) is 0 Å². The van der Waals surface area contributed by atoms with E-state index in [4.69, 9.17) is 19.4 Å². The van der Waals surface area contributed by atoms with Gasteiger partial charge in [0.2, 0.25) is 0 Å². The van der Waals surface area contributed by atoms with Crippen molar-refractivity contribution in [3.8, 4) is 34.9 Å². The van der Waals surface area contributed by atoms with E-state index < -0.39 is 0 Å². The second kappa shape index (κ2) is 12.1. The smallest absolute Gasteiger partial charge is 0.163 e. The highest BCUT2D eigenvalue weighted by Gasteiger charge is 2.29. The predicted octanol–water partition coefficient (Wildman–Crippen LogP) is 12.0. The molecule has 4 aromatic heterocycles. The van der Waals surface area contributed by atoms with Gasteiger partial charge in [-0.15, -0.1) is 0 Å². The molecule has 57 heavy (non-hydrogen) atoms. The van der Waals surface area contributed by atoms with Crippen molar-refractivity contribution in [1.29, 1.82) is 10.5 Å². The molecule has 0 unspecified atom stereocenters. The van der Waals surface area contributed by atoms with E-state index in [-0.39, 0.29) is 10.8 Å². The van der Waals surface area contributed by atoms with Crippen LogP contribution in [0.5, 0.6) is 0 Å². The van der Waals surface area contributed by atoms with E-state index in [0.29, 0.717) is 28.6 Å². The molecule has 0 N–H and O–H groups in total. The first kappa shape index (κ1) is 34.2. The molecule has 4 heterocycles. The largest absolute Gasteiger partial charge is 0.455 e. The molecule has 6 aromatic carbocycles. The first-order valence-corrected chi connectivity index (χ1v) is 19.1. The zero-order valence-electron chi connectivity index (χ0n) is 32.5. The van der Waals surface area contributed by atoms with Gasteiger partial charge in [-0.05, 0) is 54.6 Å². The van der Waals surface area contributed by atoms with Crippen molar-refractivity contribution in [2.24, 2.45) is 0 Å². The van der Waals surface area contributed by atoms with E-state index in [9.17, 15) is 10.5 Å². The summed E-state index contributed by atoms with van der Waals surface area (Å²) in [7, 11) is 0. The number of nitriles is 2. The van der Waals surface area contributed by atoms with Gasteiger partial charge in [0.05, 0.1) is 55.7 Å². The van der Waals surface area contributed by atoms with Crippen molar-refractivity contribution >= 4 is 65.6 Å². The third-order valence-electron chi connectivity index (χ3n) is 10.9. The Morgan fingerprint density at radius 3 is 1.82 bits per heavy atom. The van der Waals surface area contributed by atoms with Gasteiger partial charge in [-0.25, -0.2) is 15.0 Å². The molecule has 0 atom stereocenters. The van der Waals surface area contributed by atoms with Crippen molar-refractivity contribution in [3.63, 3.8) is 0 Å². The Morgan fingerprint density at radius 2 is 1.16 bits per heavy atom. The number of benzene rings is 6. The third kappa shape index (κ3) is 5.08. The first-order valence-electron chi connectivity index (χ1n) is 19.1. The van der Waals surface area contributed by atoms with Gasteiger partial charge >= 0.3 is 0 Å². The molecule has 0 aliphatic heterocycles. The van der Waals surface area contributed by atoms with Crippen molar-refractivity contribution in [2.75, 3.05) is 0 Å². The van der Waals surface area contributed by atoms with Crippen LogP contribution in [0.2, 0.25) is 0 Å². The topological polar surface area (TPSA) is 109 Å². The fourth-order valence-electron chi connectivity index (χ4n) is 8.25. The molecule has 0 spiro atoms. The molecule has 0 radical (unpaired) electrons. The number of rotatable bonds is 3. The molecular formula is C49H37N7O. The van der Waals surface area contributed by atoms with Crippen LogP contribution >= 0.6 is 0 Å². The molecule has 0 saturated heterocycles. The van der Waals surface area contributed by atoms with Gasteiger partial charge in [-0.1, -0.05) is 102 Å². The lowest BCUT2D eigenvalue weighted by Gasteiger charge is -2.23. The maximum atomic E-state index is 11.0. The van der Waals surface area contributed by atoms with Crippen LogP contribution in [0, 0.1) is 22.7 Å². The predicted molar refractivity (Wildman–Crippen MR) is 228 cm³/mol. The minimum Gasteiger partial charge on any atom is -0.455 e. The highest BCUT2D eigenvalue weighted by molar-refractivity contribution is 6.39. The third-order valence-corrected chi connectivity index (χ3v) is 10.9. The van der Waals surface area contributed by atoms with E-state index in [1.165, 1.54) is 0 Å². The number of fused-ring (bicyclic) bond motifs is 12. The van der Waals surface area contributed by atoms with E-state index in [0.717, 1.165) is 82.5 Å². The van der Waals surface area contributed by atoms with Crippen LogP contribution in [-0.2, 0) is 10.8 Å². The second-order valence-electron chi connectivity index (χ2n) is 16.8. The standard InChI is InChI=1S/C49H37N7O/c1-48(2,3)46-52-45(53-47(54-46)49(4,5)6)29-22-23-35(30(25-29)27-51)56-37-20-11-8-17-33(37)40-43(56)39-32-16-7-10-19-36(32)55(31-15-13-14-28(24-31)26-50)42(39)41-34-18-9-12-21-38(34)57-44(40)41/h7-25H,1-6H3. The highest BCUT2D eigenvalue weighted by Crippen LogP contribution is 2.49. The second-order valence-corrected chi connectivity index (χ2v) is 16.8. The molecule has 0 amide bonds. The summed E-state index contributed by atoms with van der Waals surface area (Å²) >= 11 is 0. The van der Waals surface area contributed by atoms with Gasteiger partial charge in [0.15, 0.2) is 5.82 Å². The van der Waals surface area contributed by atoms with E-state index in [1.807, 2.05) is 72.8 Å². The van der Waals surface area contributed by atoms with Gasteiger partial charge < -0.3 is 13.6 Å². The number of nitrogens with zero attached hydrogens (tertiary/aromatic N) is 7. The molecule has 10 aromatic rings. The normalized spacial score (nSPS) is 12.4. The minimum absolute atomic E-state index is 0.304. The average molecular weight is 740 g/mol. The number of para-hydroxylation sites is 3. The van der Waals surface area contributed by atoms with Gasteiger partial charge in [-0.3, -0.25) is 0 Å². The Labute approximate surface area is 328 Å². The molecule has 0 aliphatic rings. The van der Waals surface area contributed by atoms with Crippen molar-refractivity contribution in [2.45, 2.75) is 52.4 Å². The lowest BCUT2D eigenvalue weighted by molar-refractivity contribution is 0.497. The van der Waals surface area contributed by atoms with E-state index in [2.05, 4.69) is 105 Å². The van der Waals surface area contributed by atoms with Gasteiger partial charge in [0.25, 0.3) is 0 Å². The lowest BCUT2D eigenvalue weighted by atomic mass is 9.93. The van der Waals surface area contributed by atoms with E-state index in [1.54, 1.807) is 0 Å². The van der Waals surface area contributed by atoms with Crippen molar-refractivity contribution in [3.05, 3.63) is 138 Å². The fourth-order valence-corrected chi connectivity index (χ4v) is 8.25. The molecule has 8 nitrogen and oxygen atoms in total. The van der Waals surface area contributed by atoms with Crippen LogP contribution in [0.25, 0.3) is 88.3 Å². The number of furan rings is 1. The van der Waals surface area contributed by atoms with Gasteiger partial charge in [0.1, 0.15) is 28.9 Å². The Kier molecular flexibility index (Phi) is 7.27. The summed E-state index contributed by atoms with van der Waals surface area (Å²) in [6, 6.07) is 43.4. The van der Waals surface area contributed by atoms with Crippen molar-refractivity contribution < 1.29 is 4.42 Å². The van der Waals surface area contributed by atoms with Gasteiger partial charge in [-0.2, -0.15) is 10.5 Å². The Balaban J connectivity index is 1.38. The summed E-state index contributed by atoms with van der Waals surface area (Å²) in [5.41, 5.74) is 8.17. The highest BCUT2D eigenvalue weighted by atomic mass is 16.3. The maximum Gasteiger partial charge on any atom is 0.163 e. The van der Waals surface area contributed by atoms with Gasteiger partial charge in [0, 0.05) is 43.6 Å². The molecule has 0 saturated carbocycles. The molecule has 0 fully saturated rings. The van der Waals surface area contributed by atoms with Crippen LogP contribution < -0.4 is 0 Å². The molecule has 0 aliphatic carbocycles. The maximum absolute atomic E-state index is 11.0. The fraction of sp³-hybridized carbons (Fsp3) is 0.163. The van der Waals surface area contributed by atoms with Crippen LogP contribution in [0.1, 0.15) is 64.3 Å². The van der Waals surface area contributed by atoms with Crippen molar-refractivity contribution in [1.82, 2.24) is 24.1 Å². The zero-order chi connectivity index (χ0) is 39.4. The first-order chi connectivity index (χ1) is 27.5. The van der Waals surface area contributed by atoms with E-state index >= 15 is 0 Å². The Hall–Kier alpha value is -7.29. The number of hydrogen-bond donors (Lipinski definition) is 0. The Morgan fingerprint density at radius 1 is 0.561 bits per heavy atom. The minimum atomic E-state index is -0.304. The average Bonchev–Trinajstić information content (AvgIpc) is 3.88. The molecule has 8 heteroatoms. The molecule has 10 rings (SSSR count). The summed E-state index contributed by atoms with van der Waals surface area (Å²) in [5.74, 6) is 1.95.